The van der Waals surface area contributed by atoms with Crippen molar-refractivity contribution < 1.29 is 18.3 Å². The van der Waals surface area contributed by atoms with E-state index >= 15 is 0 Å². The van der Waals surface area contributed by atoms with Gasteiger partial charge in [0.15, 0.2) is 0 Å². The summed E-state index contributed by atoms with van der Waals surface area (Å²) in [4.78, 5) is 10.8. The third-order valence-electron chi connectivity index (χ3n) is 2.70. The minimum atomic E-state index is -3.72. The van der Waals surface area contributed by atoms with Crippen molar-refractivity contribution in [2.24, 2.45) is 7.05 Å². The van der Waals surface area contributed by atoms with E-state index in [1.54, 1.807) is 23.1 Å². The first kappa shape index (κ1) is 14.3. The van der Waals surface area contributed by atoms with E-state index in [1.165, 1.54) is 17.8 Å². The van der Waals surface area contributed by atoms with Gasteiger partial charge in [0.25, 0.3) is 0 Å². The molecule has 9 heteroatoms. The van der Waals surface area contributed by atoms with E-state index in [1.807, 2.05) is 0 Å². The normalized spacial score (nSPS) is 11.7. The Morgan fingerprint density at radius 1 is 1.50 bits per heavy atom. The third kappa shape index (κ3) is 3.06. The van der Waals surface area contributed by atoms with E-state index in [9.17, 15) is 13.2 Å². The summed E-state index contributed by atoms with van der Waals surface area (Å²) < 4.78 is 29.2. The highest BCUT2D eigenvalue weighted by Gasteiger charge is 2.19. The lowest BCUT2D eigenvalue weighted by Crippen LogP contribution is -2.27. The van der Waals surface area contributed by atoms with Crippen molar-refractivity contribution in [1.82, 2.24) is 19.1 Å². The molecule has 0 atom stereocenters. The maximum atomic E-state index is 12.0. The Labute approximate surface area is 115 Å². The molecule has 0 aliphatic carbocycles. The quantitative estimate of drug-likeness (QED) is 0.774. The molecule has 0 aromatic carbocycles. The van der Waals surface area contributed by atoms with Gasteiger partial charge in [-0.2, -0.15) is 5.10 Å². The van der Waals surface area contributed by atoms with Crippen molar-refractivity contribution in [3.05, 3.63) is 36.4 Å². The first-order chi connectivity index (χ1) is 9.40. The standard InChI is InChI=1S/C11H14N4O4S/c1-14-8-9(7-10(14)11(16)17)20(18,19)13-4-6-15-5-2-3-12-15/h2-3,5,7-8,13H,4,6H2,1H3,(H,16,17). The lowest BCUT2D eigenvalue weighted by molar-refractivity contribution is 0.0686. The third-order valence-corrected chi connectivity index (χ3v) is 4.13. The monoisotopic (exact) mass is 298 g/mol. The van der Waals surface area contributed by atoms with Crippen molar-refractivity contribution >= 4 is 16.0 Å². The zero-order valence-electron chi connectivity index (χ0n) is 10.7. The highest BCUT2D eigenvalue weighted by atomic mass is 32.2. The number of rotatable bonds is 6. The molecule has 0 saturated carbocycles. The van der Waals surface area contributed by atoms with Crippen LogP contribution in [0.3, 0.4) is 0 Å². The van der Waals surface area contributed by atoms with E-state index in [4.69, 9.17) is 5.11 Å². The molecule has 108 valence electrons. The summed E-state index contributed by atoms with van der Waals surface area (Å²) in [6.45, 7) is 0.562. The molecule has 0 spiro atoms. The number of nitrogens with one attached hydrogen (secondary N) is 1. The second-order valence-corrected chi connectivity index (χ2v) is 5.91. The van der Waals surface area contributed by atoms with Crippen molar-refractivity contribution in [3.63, 3.8) is 0 Å². The molecule has 2 N–H and O–H groups in total. The second kappa shape index (κ2) is 5.47. The molecule has 0 fully saturated rings. The summed E-state index contributed by atoms with van der Waals surface area (Å²) in [7, 11) is -2.25. The maximum absolute atomic E-state index is 12.0. The summed E-state index contributed by atoms with van der Waals surface area (Å²) >= 11 is 0. The number of sulfonamides is 1. The number of hydrogen-bond acceptors (Lipinski definition) is 4. The number of carbonyl (C=O) groups is 1. The Morgan fingerprint density at radius 3 is 2.80 bits per heavy atom. The largest absolute Gasteiger partial charge is 0.477 e. The Bertz CT molecular complexity index is 703. The highest BCUT2D eigenvalue weighted by Crippen LogP contribution is 2.13. The molecule has 0 aliphatic heterocycles. The van der Waals surface area contributed by atoms with Gasteiger partial charge >= 0.3 is 5.97 Å². The molecular weight excluding hydrogens is 284 g/mol. The van der Waals surface area contributed by atoms with Crippen LogP contribution in [-0.4, -0.2) is 40.4 Å². The molecule has 2 aromatic rings. The van der Waals surface area contributed by atoms with Gasteiger partial charge in [0.05, 0.1) is 6.54 Å². The van der Waals surface area contributed by atoms with Crippen LogP contribution in [0.5, 0.6) is 0 Å². The van der Waals surface area contributed by atoms with E-state index in [0.29, 0.717) is 6.54 Å². The number of aryl methyl sites for hydroxylation is 1. The highest BCUT2D eigenvalue weighted by molar-refractivity contribution is 7.89. The van der Waals surface area contributed by atoms with E-state index < -0.39 is 16.0 Å². The number of carboxylic acid groups (broad SMARTS) is 1. The molecule has 0 aliphatic rings. The van der Waals surface area contributed by atoms with Gasteiger partial charge in [-0.05, 0) is 12.1 Å². The van der Waals surface area contributed by atoms with Crippen molar-refractivity contribution in [3.8, 4) is 0 Å². The molecule has 8 nitrogen and oxygen atoms in total. The van der Waals surface area contributed by atoms with Crippen LogP contribution < -0.4 is 4.72 Å². The maximum Gasteiger partial charge on any atom is 0.352 e. The average Bonchev–Trinajstić information content (AvgIpc) is 2.98. The smallest absolute Gasteiger partial charge is 0.352 e. The molecule has 0 amide bonds. The second-order valence-electron chi connectivity index (χ2n) is 4.14. The minimum absolute atomic E-state index is 0.0714. The Hall–Kier alpha value is -2.13. The number of hydrogen-bond donors (Lipinski definition) is 2. The van der Waals surface area contributed by atoms with E-state index in [2.05, 4.69) is 9.82 Å². The van der Waals surface area contributed by atoms with Crippen LogP contribution in [0.2, 0.25) is 0 Å². The van der Waals surface area contributed by atoms with Gasteiger partial charge in [-0.15, -0.1) is 0 Å². The Balaban J connectivity index is 2.06. The SMILES string of the molecule is Cn1cc(S(=O)(=O)NCCn2cccn2)cc1C(=O)O. The number of aromatic carboxylic acids is 1. The molecule has 0 radical (unpaired) electrons. The molecule has 2 heterocycles. The number of nitrogens with zero attached hydrogens (tertiary/aromatic N) is 3. The van der Waals surface area contributed by atoms with Crippen molar-refractivity contribution in [2.75, 3.05) is 6.54 Å². The van der Waals surface area contributed by atoms with Crippen LogP contribution in [0, 0.1) is 0 Å². The van der Waals surface area contributed by atoms with Crippen molar-refractivity contribution in [2.45, 2.75) is 11.4 Å². The Kier molecular flexibility index (Phi) is 3.91. The molecule has 0 unspecified atom stereocenters. The van der Waals surface area contributed by atoms with E-state index in [0.717, 1.165) is 6.07 Å². The summed E-state index contributed by atoms with van der Waals surface area (Å²) in [5.74, 6) is -1.18. The van der Waals surface area contributed by atoms with Gasteiger partial charge < -0.3 is 9.67 Å². The number of aromatic nitrogens is 3. The zero-order valence-corrected chi connectivity index (χ0v) is 11.5. The Morgan fingerprint density at radius 2 is 2.25 bits per heavy atom. The summed E-state index contributed by atoms with van der Waals surface area (Å²) in [6, 6.07) is 2.86. The first-order valence-electron chi connectivity index (χ1n) is 5.77. The molecule has 2 rings (SSSR count). The minimum Gasteiger partial charge on any atom is -0.477 e. The summed E-state index contributed by atoms with van der Waals surface area (Å²) in [5.41, 5.74) is -0.0857. The van der Waals surface area contributed by atoms with Crippen molar-refractivity contribution in [1.29, 1.82) is 0 Å². The fraction of sp³-hybridized carbons (Fsp3) is 0.273. The summed E-state index contributed by atoms with van der Waals surface area (Å²) in [6.07, 6.45) is 4.59. The fourth-order valence-corrected chi connectivity index (χ4v) is 2.79. The van der Waals surface area contributed by atoms with Gasteiger partial charge in [0.1, 0.15) is 10.6 Å². The molecule has 20 heavy (non-hydrogen) atoms. The number of carboxylic acids is 1. The molecular formula is C11H14N4O4S. The zero-order chi connectivity index (χ0) is 14.8. The molecule has 0 saturated heterocycles. The first-order valence-corrected chi connectivity index (χ1v) is 7.25. The average molecular weight is 298 g/mol. The predicted octanol–water partition coefficient (Wildman–Crippen LogP) is -0.102. The lowest BCUT2D eigenvalue weighted by Gasteiger charge is -2.04. The van der Waals surface area contributed by atoms with Gasteiger partial charge in [0, 0.05) is 32.2 Å². The van der Waals surface area contributed by atoms with Gasteiger partial charge in [0.2, 0.25) is 10.0 Å². The lowest BCUT2D eigenvalue weighted by atomic mass is 10.4. The van der Waals surface area contributed by atoms with Gasteiger partial charge in [-0.3, -0.25) is 4.68 Å². The van der Waals surface area contributed by atoms with Crippen LogP contribution in [0.15, 0.2) is 35.6 Å². The van der Waals surface area contributed by atoms with Crippen LogP contribution in [0.25, 0.3) is 0 Å². The summed E-state index contributed by atoms with van der Waals surface area (Å²) in [5, 5.41) is 12.8. The van der Waals surface area contributed by atoms with E-state index in [-0.39, 0.29) is 17.1 Å². The predicted molar refractivity (Wildman–Crippen MR) is 69.8 cm³/mol. The van der Waals surface area contributed by atoms with Crippen LogP contribution >= 0.6 is 0 Å². The van der Waals surface area contributed by atoms with Crippen LogP contribution in [-0.2, 0) is 23.6 Å². The van der Waals surface area contributed by atoms with Gasteiger partial charge in [-0.25, -0.2) is 17.9 Å². The van der Waals surface area contributed by atoms with Crippen LogP contribution in [0.1, 0.15) is 10.5 Å². The van der Waals surface area contributed by atoms with Gasteiger partial charge in [-0.1, -0.05) is 0 Å². The molecule has 2 aromatic heterocycles. The fourth-order valence-electron chi connectivity index (χ4n) is 1.70. The topological polar surface area (TPSA) is 106 Å². The molecule has 0 bridgehead atoms. The van der Waals surface area contributed by atoms with Crippen LogP contribution in [0.4, 0.5) is 0 Å².